The van der Waals surface area contributed by atoms with Crippen molar-refractivity contribution in [1.82, 2.24) is 4.98 Å². The van der Waals surface area contributed by atoms with Crippen LogP contribution in [0.2, 0.25) is 0 Å². The quantitative estimate of drug-likeness (QED) is 0.676. The maximum atomic E-state index is 12.4. The molecule has 3 rings (SSSR count). The van der Waals surface area contributed by atoms with Crippen LogP contribution in [0.1, 0.15) is 23.7 Å². The number of hydrogen-bond acceptors (Lipinski definition) is 2. The summed E-state index contributed by atoms with van der Waals surface area (Å²) in [5, 5.41) is 6.69. The second kappa shape index (κ2) is 6.81. The van der Waals surface area contributed by atoms with Gasteiger partial charge in [0.1, 0.15) is 0 Å². The predicted octanol–water partition coefficient (Wildman–Crippen LogP) is 3.92. The van der Waals surface area contributed by atoms with Crippen LogP contribution >= 0.6 is 0 Å². The third kappa shape index (κ3) is 3.88. The number of amides is 2. The van der Waals surface area contributed by atoms with Gasteiger partial charge in [0.05, 0.1) is 6.42 Å². The lowest BCUT2D eigenvalue weighted by molar-refractivity contribution is -0.116. The van der Waals surface area contributed by atoms with E-state index in [1.807, 2.05) is 19.9 Å². The maximum absolute atomic E-state index is 12.4. The molecule has 25 heavy (non-hydrogen) atoms. The predicted molar refractivity (Wildman–Crippen MR) is 101 cm³/mol. The first-order valence-electron chi connectivity index (χ1n) is 8.17. The largest absolute Gasteiger partial charge is 0.358 e. The number of nitrogens with one attached hydrogen (secondary N) is 3. The first-order valence-corrected chi connectivity index (χ1v) is 8.17. The molecular formula is C20H21N3O2. The zero-order valence-electron chi connectivity index (χ0n) is 14.6. The summed E-state index contributed by atoms with van der Waals surface area (Å²) in [5.74, 6) is -0.195. The molecule has 0 aliphatic heterocycles. The molecule has 0 spiro atoms. The number of aromatic amines is 1. The van der Waals surface area contributed by atoms with Crippen LogP contribution in [0.3, 0.4) is 0 Å². The van der Waals surface area contributed by atoms with Gasteiger partial charge in [0.25, 0.3) is 0 Å². The topological polar surface area (TPSA) is 74.0 Å². The second-order valence-corrected chi connectivity index (χ2v) is 6.26. The van der Waals surface area contributed by atoms with E-state index in [4.69, 9.17) is 0 Å². The Hall–Kier alpha value is -3.08. The normalized spacial score (nSPS) is 10.7. The van der Waals surface area contributed by atoms with Crippen molar-refractivity contribution in [2.45, 2.75) is 27.2 Å². The highest BCUT2D eigenvalue weighted by Crippen LogP contribution is 2.24. The average Bonchev–Trinajstić information content (AvgIpc) is 2.84. The summed E-state index contributed by atoms with van der Waals surface area (Å²) in [6.45, 7) is 5.49. The third-order valence-corrected chi connectivity index (χ3v) is 4.10. The fourth-order valence-corrected chi connectivity index (χ4v) is 2.93. The van der Waals surface area contributed by atoms with Gasteiger partial charge < -0.3 is 15.6 Å². The zero-order chi connectivity index (χ0) is 18.0. The van der Waals surface area contributed by atoms with Crippen LogP contribution in [-0.4, -0.2) is 16.8 Å². The van der Waals surface area contributed by atoms with E-state index >= 15 is 0 Å². The van der Waals surface area contributed by atoms with Crippen molar-refractivity contribution in [3.8, 4) is 0 Å². The highest BCUT2D eigenvalue weighted by Gasteiger charge is 2.13. The number of H-pyrrole nitrogens is 1. The Morgan fingerprint density at radius 2 is 1.60 bits per heavy atom. The van der Waals surface area contributed by atoms with E-state index in [0.29, 0.717) is 17.8 Å². The molecule has 5 nitrogen and oxygen atoms in total. The Kier molecular flexibility index (Phi) is 4.57. The molecule has 1 heterocycles. The van der Waals surface area contributed by atoms with Crippen molar-refractivity contribution in [3.05, 3.63) is 59.3 Å². The van der Waals surface area contributed by atoms with E-state index in [1.54, 1.807) is 24.3 Å². The number of carbonyl (C=O) groups excluding carboxylic acids is 2. The standard InChI is InChI=1S/C20H21N3O2/c1-12-4-9-19-18(10-12)17(13(2)21-19)11-20(25)23-16-7-5-15(6-8-16)22-14(3)24/h4-10,21H,11H2,1-3H3,(H,22,24)(H,23,25). The summed E-state index contributed by atoms with van der Waals surface area (Å²) in [5.41, 5.74) is 5.65. The number of benzene rings is 2. The molecule has 0 saturated carbocycles. The molecule has 3 aromatic rings. The van der Waals surface area contributed by atoms with E-state index in [1.165, 1.54) is 12.5 Å². The highest BCUT2D eigenvalue weighted by molar-refractivity contribution is 5.97. The molecule has 2 aromatic carbocycles. The molecule has 5 heteroatoms. The highest BCUT2D eigenvalue weighted by atomic mass is 16.2. The lowest BCUT2D eigenvalue weighted by Gasteiger charge is -2.07. The molecule has 0 aliphatic carbocycles. The van der Waals surface area contributed by atoms with Gasteiger partial charge in [-0.15, -0.1) is 0 Å². The molecule has 0 saturated heterocycles. The van der Waals surface area contributed by atoms with Gasteiger partial charge >= 0.3 is 0 Å². The van der Waals surface area contributed by atoms with Gasteiger partial charge in [-0.3, -0.25) is 9.59 Å². The molecule has 0 radical (unpaired) electrons. The van der Waals surface area contributed by atoms with Gasteiger partial charge in [-0.1, -0.05) is 11.6 Å². The van der Waals surface area contributed by atoms with Crippen molar-refractivity contribution < 1.29 is 9.59 Å². The van der Waals surface area contributed by atoms with E-state index in [9.17, 15) is 9.59 Å². The minimum absolute atomic E-state index is 0.0715. The summed E-state index contributed by atoms with van der Waals surface area (Å²) >= 11 is 0. The molecule has 2 amide bonds. The van der Waals surface area contributed by atoms with Gasteiger partial charge in [-0.2, -0.15) is 0 Å². The van der Waals surface area contributed by atoms with E-state index in [2.05, 4.69) is 27.8 Å². The van der Waals surface area contributed by atoms with Gasteiger partial charge in [0.2, 0.25) is 11.8 Å². The second-order valence-electron chi connectivity index (χ2n) is 6.26. The fourth-order valence-electron chi connectivity index (χ4n) is 2.93. The average molecular weight is 335 g/mol. The van der Waals surface area contributed by atoms with E-state index in [0.717, 1.165) is 22.2 Å². The molecule has 0 bridgehead atoms. The molecule has 0 unspecified atom stereocenters. The number of rotatable bonds is 4. The SMILES string of the molecule is CC(=O)Nc1ccc(NC(=O)Cc2c(C)[nH]c3ccc(C)cc23)cc1. The Bertz CT molecular complexity index is 939. The van der Waals surface area contributed by atoms with Crippen molar-refractivity contribution >= 4 is 34.1 Å². The Morgan fingerprint density at radius 3 is 2.24 bits per heavy atom. The molecule has 1 aromatic heterocycles. The van der Waals surface area contributed by atoms with E-state index < -0.39 is 0 Å². The number of aryl methyl sites for hydroxylation is 2. The van der Waals surface area contributed by atoms with Crippen molar-refractivity contribution in [1.29, 1.82) is 0 Å². The van der Waals surface area contributed by atoms with Gasteiger partial charge in [-0.05, 0) is 55.8 Å². The molecule has 3 N–H and O–H groups in total. The van der Waals surface area contributed by atoms with Crippen molar-refractivity contribution in [3.63, 3.8) is 0 Å². The van der Waals surface area contributed by atoms with Crippen LogP contribution in [0.4, 0.5) is 11.4 Å². The van der Waals surface area contributed by atoms with Gasteiger partial charge in [0, 0.05) is 34.9 Å². The van der Waals surface area contributed by atoms with Crippen LogP contribution < -0.4 is 10.6 Å². The van der Waals surface area contributed by atoms with Gasteiger partial charge in [0.15, 0.2) is 0 Å². The van der Waals surface area contributed by atoms with Gasteiger partial charge in [-0.25, -0.2) is 0 Å². The first-order chi connectivity index (χ1) is 11.9. The molecule has 128 valence electrons. The summed E-state index contributed by atoms with van der Waals surface area (Å²) in [6.07, 6.45) is 0.308. The third-order valence-electron chi connectivity index (χ3n) is 4.10. The lowest BCUT2D eigenvalue weighted by Crippen LogP contribution is -2.15. The van der Waals surface area contributed by atoms with Crippen LogP contribution in [0, 0.1) is 13.8 Å². The van der Waals surface area contributed by atoms with Crippen molar-refractivity contribution in [2.24, 2.45) is 0 Å². The van der Waals surface area contributed by atoms with Crippen LogP contribution in [0.15, 0.2) is 42.5 Å². The Balaban J connectivity index is 1.73. The van der Waals surface area contributed by atoms with Crippen LogP contribution in [0.5, 0.6) is 0 Å². The van der Waals surface area contributed by atoms with Crippen molar-refractivity contribution in [2.75, 3.05) is 10.6 Å². The van der Waals surface area contributed by atoms with Crippen LogP contribution in [0.25, 0.3) is 10.9 Å². The molecule has 0 fully saturated rings. The maximum Gasteiger partial charge on any atom is 0.228 e. The molecular weight excluding hydrogens is 314 g/mol. The molecule has 0 aliphatic rings. The minimum Gasteiger partial charge on any atom is -0.358 e. The summed E-state index contributed by atoms with van der Waals surface area (Å²) in [6, 6.07) is 13.3. The monoisotopic (exact) mass is 335 g/mol. The number of aromatic nitrogens is 1. The summed E-state index contributed by atoms with van der Waals surface area (Å²) in [7, 11) is 0. The zero-order valence-corrected chi connectivity index (χ0v) is 14.6. The minimum atomic E-state index is -0.123. The summed E-state index contributed by atoms with van der Waals surface area (Å²) < 4.78 is 0. The summed E-state index contributed by atoms with van der Waals surface area (Å²) in [4.78, 5) is 26.8. The Labute approximate surface area is 146 Å². The number of fused-ring (bicyclic) bond motifs is 1. The number of carbonyl (C=O) groups is 2. The molecule has 0 atom stereocenters. The fraction of sp³-hybridized carbons (Fsp3) is 0.200. The smallest absolute Gasteiger partial charge is 0.228 e. The first kappa shape index (κ1) is 16.8. The number of anilines is 2. The van der Waals surface area contributed by atoms with E-state index in [-0.39, 0.29) is 11.8 Å². The van der Waals surface area contributed by atoms with Crippen LogP contribution in [-0.2, 0) is 16.0 Å². The lowest BCUT2D eigenvalue weighted by atomic mass is 10.1. The number of hydrogen-bond donors (Lipinski definition) is 3. The Morgan fingerprint density at radius 1 is 0.960 bits per heavy atom.